The molecule has 1 saturated carbocycles. The maximum atomic E-state index is 9.45. The molecule has 1 atom stereocenters. The van der Waals surface area contributed by atoms with Crippen molar-refractivity contribution in [3.05, 3.63) is 30.1 Å². The third kappa shape index (κ3) is 2.06. The molecular weight excluding hydrogens is 214 g/mol. The molecule has 1 unspecified atom stereocenters. The van der Waals surface area contributed by atoms with Gasteiger partial charge in [0, 0.05) is 13.1 Å². The summed E-state index contributed by atoms with van der Waals surface area (Å²) < 4.78 is 2.00. The monoisotopic (exact) mass is 231 g/mol. The molecule has 1 aliphatic carbocycles. The number of nitrogens with zero attached hydrogens (tertiary/aromatic N) is 2. The molecule has 4 nitrogen and oxygen atoms in total. The molecular formula is C13H17N3O. The highest BCUT2D eigenvalue weighted by Gasteiger charge is 2.25. The zero-order valence-electron chi connectivity index (χ0n) is 9.93. The Hall–Kier alpha value is -1.39. The Bertz CT molecular complexity index is 530. The minimum absolute atomic E-state index is 0.0360. The van der Waals surface area contributed by atoms with Crippen LogP contribution in [0.15, 0.2) is 24.5 Å². The summed E-state index contributed by atoms with van der Waals surface area (Å²) in [6.45, 7) is 0.134. The predicted molar refractivity (Wildman–Crippen MR) is 66.7 cm³/mol. The van der Waals surface area contributed by atoms with Crippen LogP contribution in [-0.2, 0) is 7.05 Å². The smallest absolute Gasteiger partial charge is 0.0955 e. The highest BCUT2D eigenvalue weighted by molar-refractivity contribution is 5.76. The molecule has 0 bridgehead atoms. The number of imidazole rings is 1. The molecule has 3 rings (SSSR count). The maximum Gasteiger partial charge on any atom is 0.0955 e. The van der Waals surface area contributed by atoms with Crippen LogP contribution in [0.5, 0.6) is 0 Å². The standard InChI is InChI=1S/C13H17N3O/c1-16-8-14-11-6-9(2-5-13(11)16)12(7-17)15-10-3-4-10/h2,5-6,8,10,12,15,17H,3-4,7H2,1H3. The van der Waals surface area contributed by atoms with E-state index in [1.165, 1.54) is 12.8 Å². The summed E-state index contributed by atoms with van der Waals surface area (Å²) >= 11 is 0. The van der Waals surface area contributed by atoms with Gasteiger partial charge in [0.05, 0.1) is 30.0 Å². The average Bonchev–Trinajstić information content (AvgIpc) is 3.10. The second kappa shape index (κ2) is 4.13. The number of fused-ring (bicyclic) bond motifs is 1. The van der Waals surface area contributed by atoms with Gasteiger partial charge in [-0.05, 0) is 30.5 Å². The summed E-state index contributed by atoms with van der Waals surface area (Å²) in [5.41, 5.74) is 3.23. The van der Waals surface area contributed by atoms with Gasteiger partial charge in [-0.25, -0.2) is 4.98 Å². The van der Waals surface area contributed by atoms with Gasteiger partial charge in [-0.15, -0.1) is 0 Å². The highest BCUT2D eigenvalue weighted by Crippen LogP contribution is 2.25. The van der Waals surface area contributed by atoms with E-state index in [9.17, 15) is 5.11 Å². The van der Waals surface area contributed by atoms with Gasteiger partial charge >= 0.3 is 0 Å². The van der Waals surface area contributed by atoms with Crippen LogP contribution in [0, 0.1) is 0 Å². The first-order valence-electron chi connectivity index (χ1n) is 6.06. The third-order valence-electron chi connectivity index (χ3n) is 3.35. The quantitative estimate of drug-likeness (QED) is 0.835. The Morgan fingerprint density at radius 3 is 3.06 bits per heavy atom. The first kappa shape index (κ1) is 10.7. The largest absolute Gasteiger partial charge is 0.394 e. The van der Waals surface area contributed by atoms with Crippen molar-refractivity contribution in [3.8, 4) is 0 Å². The van der Waals surface area contributed by atoms with Crippen molar-refractivity contribution >= 4 is 11.0 Å². The molecule has 0 radical (unpaired) electrons. The van der Waals surface area contributed by atoms with E-state index in [4.69, 9.17) is 0 Å². The topological polar surface area (TPSA) is 50.1 Å². The van der Waals surface area contributed by atoms with Crippen LogP contribution in [0.25, 0.3) is 11.0 Å². The van der Waals surface area contributed by atoms with Gasteiger partial charge in [-0.2, -0.15) is 0 Å². The van der Waals surface area contributed by atoms with E-state index in [0.29, 0.717) is 6.04 Å². The van der Waals surface area contributed by atoms with Crippen molar-refractivity contribution in [3.63, 3.8) is 0 Å². The van der Waals surface area contributed by atoms with Crippen LogP contribution >= 0.6 is 0 Å². The first-order chi connectivity index (χ1) is 8.28. The molecule has 1 fully saturated rings. The summed E-state index contributed by atoms with van der Waals surface area (Å²) in [6, 6.07) is 6.82. The van der Waals surface area contributed by atoms with Crippen LogP contribution in [0.1, 0.15) is 24.4 Å². The molecule has 1 aromatic carbocycles. The SMILES string of the molecule is Cn1cnc2cc(C(CO)NC3CC3)ccc21. The van der Waals surface area contributed by atoms with Crippen LogP contribution in [-0.4, -0.2) is 27.3 Å². The number of nitrogens with one attached hydrogen (secondary N) is 1. The third-order valence-corrected chi connectivity index (χ3v) is 3.35. The van der Waals surface area contributed by atoms with Crippen molar-refractivity contribution in [2.24, 2.45) is 7.05 Å². The second-order valence-corrected chi connectivity index (χ2v) is 4.78. The van der Waals surface area contributed by atoms with E-state index in [1.54, 1.807) is 0 Å². The Kier molecular flexibility index (Phi) is 2.61. The zero-order valence-corrected chi connectivity index (χ0v) is 9.93. The molecule has 1 heterocycles. The van der Waals surface area contributed by atoms with Crippen molar-refractivity contribution in [2.75, 3.05) is 6.61 Å². The lowest BCUT2D eigenvalue weighted by atomic mass is 10.1. The summed E-state index contributed by atoms with van der Waals surface area (Å²) in [4.78, 5) is 4.34. The average molecular weight is 231 g/mol. The lowest BCUT2D eigenvalue weighted by molar-refractivity contribution is 0.243. The van der Waals surface area contributed by atoms with Crippen molar-refractivity contribution in [1.29, 1.82) is 0 Å². The normalized spacial score (nSPS) is 17.5. The minimum Gasteiger partial charge on any atom is -0.394 e. The fourth-order valence-electron chi connectivity index (χ4n) is 2.16. The lowest BCUT2D eigenvalue weighted by Crippen LogP contribution is -2.26. The van der Waals surface area contributed by atoms with Crippen LogP contribution in [0.2, 0.25) is 0 Å². The molecule has 4 heteroatoms. The van der Waals surface area contributed by atoms with Gasteiger partial charge in [0.25, 0.3) is 0 Å². The van der Waals surface area contributed by atoms with E-state index >= 15 is 0 Å². The molecule has 0 saturated heterocycles. The number of hydrogen-bond donors (Lipinski definition) is 2. The van der Waals surface area contributed by atoms with Gasteiger partial charge in [0.1, 0.15) is 0 Å². The second-order valence-electron chi connectivity index (χ2n) is 4.78. The molecule has 0 aliphatic heterocycles. The summed E-state index contributed by atoms with van der Waals surface area (Å²) in [5, 5.41) is 12.9. The Morgan fingerprint density at radius 1 is 1.53 bits per heavy atom. The van der Waals surface area contributed by atoms with Gasteiger partial charge in [0.2, 0.25) is 0 Å². The van der Waals surface area contributed by atoms with Gasteiger partial charge < -0.3 is 15.0 Å². The highest BCUT2D eigenvalue weighted by atomic mass is 16.3. The molecule has 2 aromatic rings. The molecule has 90 valence electrons. The molecule has 1 aromatic heterocycles. The van der Waals surface area contributed by atoms with Crippen LogP contribution in [0.4, 0.5) is 0 Å². The fraction of sp³-hybridized carbons (Fsp3) is 0.462. The zero-order chi connectivity index (χ0) is 11.8. The molecule has 1 aliphatic rings. The molecule has 17 heavy (non-hydrogen) atoms. The molecule has 2 N–H and O–H groups in total. The van der Waals surface area contributed by atoms with Crippen LogP contribution in [0.3, 0.4) is 0 Å². The van der Waals surface area contributed by atoms with E-state index in [0.717, 1.165) is 16.6 Å². The summed E-state index contributed by atoms with van der Waals surface area (Å²) in [7, 11) is 1.99. The minimum atomic E-state index is 0.0360. The lowest BCUT2D eigenvalue weighted by Gasteiger charge is -2.16. The summed E-state index contributed by atoms with van der Waals surface area (Å²) in [6.07, 6.45) is 4.27. The van der Waals surface area contributed by atoms with E-state index in [2.05, 4.69) is 28.5 Å². The van der Waals surface area contributed by atoms with E-state index in [-0.39, 0.29) is 12.6 Å². The van der Waals surface area contributed by atoms with Crippen molar-refractivity contribution < 1.29 is 5.11 Å². The number of aryl methyl sites for hydroxylation is 1. The van der Waals surface area contributed by atoms with Gasteiger partial charge in [0.15, 0.2) is 0 Å². The predicted octanol–water partition coefficient (Wildman–Crippen LogP) is 1.36. The number of hydrogen-bond acceptors (Lipinski definition) is 3. The Morgan fingerprint density at radius 2 is 2.35 bits per heavy atom. The maximum absolute atomic E-state index is 9.45. The molecule has 0 spiro atoms. The number of aliphatic hydroxyl groups excluding tert-OH is 1. The van der Waals surface area contributed by atoms with Gasteiger partial charge in [-0.1, -0.05) is 6.07 Å². The first-order valence-corrected chi connectivity index (χ1v) is 6.06. The fourth-order valence-corrected chi connectivity index (χ4v) is 2.16. The van der Waals surface area contributed by atoms with E-state index in [1.807, 2.05) is 17.9 Å². The number of benzene rings is 1. The summed E-state index contributed by atoms with van der Waals surface area (Å²) in [5.74, 6) is 0. The van der Waals surface area contributed by atoms with Crippen LogP contribution < -0.4 is 5.32 Å². The molecule has 0 amide bonds. The van der Waals surface area contributed by atoms with E-state index < -0.39 is 0 Å². The Labute approximate surface area is 100 Å². The number of aromatic nitrogens is 2. The van der Waals surface area contributed by atoms with Crippen molar-refractivity contribution in [1.82, 2.24) is 14.9 Å². The van der Waals surface area contributed by atoms with Gasteiger partial charge in [-0.3, -0.25) is 0 Å². The van der Waals surface area contributed by atoms with Crippen molar-refractivity contribution in [2.45, 2.75) is 24.9 Å². The number of rotatable bonds is 4. The Balaban J connectivity index is 1.92. The number of aliphatic hydroxyl groups is 1.